The lowest BCUT2D eigenvalue weighted by Gasteiger charge is -2.08. The Morgan fingerprint density at radius 1 is 1.40 bits per heavy atom. The van der Waals surface area contributed by atoms with Crippen molar-refractivity contribution in [1.29, 1.82) is 0 Å². The number of aromatic nitrogens is 2. The molecule has 3 rings (SSSR count). The van der Waals surface area contributed by atoms with Gasteiger partial charge in [-0.1, -0.05) is 0 Å². The number of anilines is 1. The molecule has 8 nitrogen and oxygen atoms in total. The maximum atomic E-state index is 12.3. The van der Waals surface area contributed by atoms with Crippen molar-refractivity contribution >= 4 is 48.5 Å². The Morgan fingerprint density at radius 3 is 2.76 bits per heavy atom. The van der Waals surface area contributed by atoms with Gasteiger partial charge in [-0.25, -0.2) is 13.4 Å². The van der Waals surface area contributed by atoms with Crippen LogP contribution < -0.4 is 10.0 Å². The zero-order chi connectivity index (χ0) is 18.2. The molecule has 132 valence electrons. The number of nitrogens with zero attached hydrogens (tertiary/aromatic N) is 2. The lowest BCUT2D eigenvalue weighted by atomic mass is 10.1. The quantitative estimate of drug-likeness (QED) is 0.651. The van der Waals surface area contributed by atoms with Crippen molar-refractivity contribution < 1.29 is 17.6 Å². The molecule has 0 spiro atoms. The van der Waals surface area contributed by atoms with Gasteiger partial charge in [-0.2, -0.15) is 0 Å². The van der Waals surface area contributed by atoms with Crippen LogP contribution in [0.1, 0.15) is 17.3 Å². The molecule has 0 aliphatic carbocycles. The first kappa shape index (κ1) is 17.5. The summed E-state index contributed by atoms with van der Waals surface area (Å²) in [5.41, 5.74) is 1.05. The first-order chi connectivity index (χ1) is 11.9. The molecule has 0 aliphatic heterocycles. The molecule has 10 heteroatoms. The van der Waals surface area contributed by atoms with Gasteiger partial charge >= 0.3 is 0 Å². The Bertz CT molecular complexity index is 1040. The number of imidazole rings is 1. The first-order valence-electron chi connectivity index (χ1n) is 7.33. The van der Waals surface area contributed by atoms with Gasteiger partial charge < -0.3 is 9.73 Å². The monoisotopic (exact) mass is 426 g/mol. The molecule has 0 fully saturated rings. The topological polar surface area (TPSA) is 106 Å². The molecule has 0 bridgehead atoms. The van der Waals surface area contributed by atoms with Gasteiger partial charge in [0.2, 0.25) is 15.9 Å². The normalized spacial score (nSPS) is 11.6. The van der Waals surface area contributed by atoms with E-state index in [-0.39, 0.29) is 11.7 Å². The number of benzene rings is 1. The molecule has 2 heterocycles. The Balaban J connectivity index is 2.23. The molecule has 2 aromatic heterocycles. The van der Waals surface area contributed by atoms with E-state index in [2.05, 4.69) is 31.0 Å². The minimum Gasteiger partial charge on any atom is -0.439 e. The summed E-state index contributed by atoms with van der Waals surface area (Å²) in [7, 11) is -1.92. The van der Waals surface area contributed by atoms with Crippen LogP contribution in [0.5, 0.6) is 0 Å². The van der Waals surface area contributed by atoms with E-state index in [9.17, 15) is 13.2 Å². The van der Waals surface area contributed by atoms with Gasteiger partial charge in [-0.3, -0.25) is 14.1 Å². The van der Waals surface area contributed by atoms with Gasteiger partial charge in [0.25, 0.3) is 5.91 Å². The number of carbonyl (C=O) groups excluding carboxylic acids is 1. The van der Waals surface area contributed by atoms with Crippen LogP contribution >= 0.6 is 15.9 Å². The average molecular weight is 427 g/mol. The number of halogens is 1. The number of hydrogen-bond donors (Lipinski definition) is 2. The van der Waals surface area contributed by atoms with E-state index in [0.717, 1.165) is 0 Å². The second kappa shape index (κ2) is 6.52. The highest BCUT2D eigenvalue weighted by Gasteiger charge is 2.23. The molecule has 1 amide bonds. The summed E-state index contributed by atoms with van der Waals surface area (Å²) in [6, 6.07) is 3.19. The first-order valence-corrected chi connectivity index (χ1v) is 9.77. The predicted molar refractivity (Wildman–Crippen MR) is 97.5 cm³/mol. The van der Waals surface area contributed by atoms with Crippen LogP contribution in [0.15, 0.2) is 39.7 Å². The van der Waals surface area contributed by atoms with E-state index >= 15 is 0 Å². The zero-order valence-electron chi connectivity index (χ0n) is 13.4. The highest BCUT2D eigenvalue weighted by atomic mass is 79.9. The minimum atomic E-state index is -3.45. The molecule has 0 aliphatic rings. The van der Waals surface area contributed by atoms with Gasteiger partial charge in [0, 0.05) is 35.4 Å². The molecular weight excluding hydrogens is 412 g/mol. The molecule has 0 saturated heterocycles. The fraction of sp³-hybridized carbons (Fsp3) is 0.200. The van der Waals surface area contributed by atoms with E-state index < -0.39 is 10.0 Å². The summed E-state index contributed by atoms with van der Waals surface area (Å²) < 4.78 is 34.0. The van der Waals surface area contributed by atoms with Crippen LogP contribution in [0.25, 0.3) is 16.9 Å². The van der Waals surface area contributed by atoms with Gasteiger partial charge in [0.15, 0.2) is 0 Å². The maximum absolute atomic E-state index is 12.3. The van der Waals surface area contributed by atoms with Crippen molar-refractivity contribution in [1.82, 2.24) is 14.9 Å². The van der Waals surface area contributed by atoms with E-state index in [1.54, 1.807) is 36.0 Å². The molecule has 0 saturated carbocycles. The SMILES string of the molecule is CCS(=O)(=O)Nc1cc2oc(-n3ccnc3)c(C(=O)NC)c2cc1Br. The third-order valence-corrected chi connectivity index (χ3v) is 5.54. The van der Waals surface area contributed by atoms with Crippen LogP contribution in [0.2, 0.25) is 0 Å². The summed E-state index contributed by atoms with van der Waals surface area (Å²) in [6.45, 7) is 1.54. The highest BCUT2D eigenvalue weighted by molar-refractivity contribution is 9.10. The van der Waals surface area contributed by atoms with E-state index in [0.29, 0.717) is 32.6 Å². The smallest absolute Gasteiger partial charge is 0.257 e. The van der Waals surface area contributed by atoms with Crippen molar-refractivity contribution in [3.8, 4) is 5.88 Å². The summed E-state index contributed by atoms with van der Waals surface area (Å²) in [4.78, 5) is 16.3. The van der Waals surface area contributed by atoms with Crippen LogP contribution in [0, 0.1) is 0 Å². The average Bonchev–Trinajstić information content (AvgIpc) is 3.21. The summed E-state index contributed by atoms with van der Waals surface area (Å²) >= 11 is 3.34. The number of furan rings is 1. The number of carbonyl (C=O) groups is 1. The summed E-state index contributed by atoms with van der Waals surface area (Å²) in [6.07, 6.45) is 4.73. The number of nitrogens with one attached hydrogen (secondary N) is 2. The largest absolute Gasteiger partial charge is 0.439 e. The second-order valence-corrected chi connectivity index (χ2v) is 8.03. The van der Waals surface area contributed by atoms with Gasteiger partial charge in [0.05, 0.1) is 11.4 Å². The molecule has 3 aromatic rings. The summed E-state index contributed by atoms with van der Waals surface area (Å²) in [5, 5.41) is 3.13. The van der Waals surface area contributed by atoms with E-state index in [1.165, 1.54) is 13.4 Å². The maximum Gasteiger partial charge on any atom is 0.257 e. The molecular formula is C15H15BrN4O4S. The zero-order valence-corrected chi connectivity index (χ0v) is 15.8. The number of amides is 1. The Morgan fingerprint density at radius 2 is 2.16 bits per heavy atom. The third kappa shape index (κ3) is 3.27. The van der Waals surface area contributed by atoms with Crippen molar-refractivity contribution in [3.63, 3.8) is 0 Å². The molecule has 25 heavy (non-hydrogen) atoms. The Kier molecular flexibility index (Phi) is 4.56. The van der Waals surface area contributed by atoms with Crippen LogP contribution in [0.3, 0.4) is 0 Å². The lowest BCUT2D eigenvalue weighted by Crippen LogP contribution is -2.19. The minimum absolute atomic E-state index is 0.0561. The predicted octanol–water partition coefficient (Wildman–Crippen LogP) is 2.50. The molecule has 2 N–H and O–H groups in total. The van der Waals surface area contributed by atoms with Gasteiger partial charge in [-0.15, -0.1) is 0 Å². The van der Waals surface area contributed by atoms with E-state index in [1.807, 2.05) is 0 Å². The van der Waals surface area contributed by atoms with Crippen molar-refractivity contribution in [2.24, 2.45) is 0 Å². The Hall–Kier alpha value is -2.33. The number of sulfonamides is 1. The third-order valence-electron chi connectivity index (χ3n) is 3.60. The fourth-order valence-electron chi connectivity index (χ4n) is 2.33. The van der Waals surface area contributed by atoms with E-state index in [4.69, 9.17) is 4.42 Å². The highest BCUT2D eigenvalue weighted by Crippen LogP contribution is 2.35. The number of rotatable bonds is 5. The number of hydrogen-bond acceptors (Lipinski definition) is 5. The fourth-order valence-corrected chi connectivity index (χ4v) is 3.55. The molecule has 1 aromatic carbocycles. The number of fused-ring (bicyclic) bond motifs is 1. The molecule has 0 atom stereocenters. The van der Waals surface area contributed by atoms with Crippen molar-refractivity contribution in [2.45, 2.75) is 6.92 Å². The van der Waals surface area contributed by atoms with Crippen molar-refractivity contribution in [3.05, 3.63) is 40.9 Å². The van der Waals surface area contributed by atoms with Crippen LogP contribution in [-0.4, -0.2) is 36.7 Å². The second-order valence-electron chi connectivity index (χ2n) is 5.16. The summed E-state index contributed by atoms with van der Waals surface area (Å²) in [5.74, 6) is -0.0788. The Labute approximate surface area is 152 Å². The lowest BCUT2D eigenvalue weighted by molar-refractivity contribution is 0.0964. The van der Waals surface area contributed by atoms with Crippen LogP contribution in [0.4, 0.5) is 5.69 Å². The molecule has 0 radical (unpaired) electrons. The van der Waals surface area contributed by atoms with Gasteiger partial charge in [-0.05, 0) is 28.9 Å². The standard InChI is InChI=1S/C15H15BrN4O4S/c1-3-25(22,23)19-11-7-12-9(6-10(11)16)13(14(21)17-2)15(24-12)20-5-4-18-8-20/h4-8,19H,3H2,1-2H3,(H,17,21). The van der Waals surface area contributed by atoms with Crippen LogP contribution in [-0.2, 0) is 10.0 Å². The molecule has 0 unspecified atom stereocenters. The van der Waals surface area contributed by atoms with Crippen molar-refractivity contribution in [2.75, 3.05) is 17.5 Å². The van der Waals surface area contributed by atoms with Gasteiger partial charge in [0.1, 0.15) is 17.5 Å².